The number of hydrogen-bond donors (Lipinski definition) is 3. The SMILES string of the molecule is CC(=O)NC1(Nc2ccccc2)C(=O)N(c2ccccc2)N=C1NC(=O)c1ccccc1. The normalized spacial score (nSPS) is 17.5. The first-order valence-corrected chi connectivity index (χ1v) is 9.97. The molecule has 1 aliphatic heterocycles. The minimum Gasteiger partial charge on any atom is -0.348 e. The molecule has 3 amide bonds. The number of amidine groups is 1. The summed E-state index contributed by atoms with van der Waals surface area (Å²) >= 11 is 0. The first-order valence-electron chi connectivity index (χ1n) is 9.97. The van der Waals surface area contributed by atoms with E-state index in [2.05, 4.69) is 21.1 Å². The highest BCUT2D eigenvalue weighted by molar-refractivity contribution is 6.28. The van der Waals surface area contributed by atoms with Gasteiger partial charge in [0.15, 0.2) is 5.84 Å². The van der Waals surface area contributed by atoms with Crippen molar-refractivity contribution in [1.82, 2.24) is 10.6 Å². The molecule has 1 aliphatic rings. The Labute approximate surface area is 184 Å². The molecule has 0 aromatic heterocycles. The predicted molar refractivity (Wildman–Crippen MR) is 122 cm³/mol. The van der Waals surface area contributed by atoms with Crippen LogP contribution in [0.5, 0.6) is 0 Å². The molecular weight excluding hydrogens is 406 g/mol. The minimum atomic E-state index is -1.81. The van der Waals surface area contributed by atoms with Gasteiger partial charge in [-0.3, -0.25) is 14.4 Å². The molecule has 3 aromatic carbocycles. The van der Waals surface area contributed by atoms with Crippen LogP contribution in [-0.2, 0) is 9.59 Å². The van der Waals surface area contributed by atoms with E-state index < -0.39 is 23.4 Å². The molecule has 1 heterocycles. The summed E-state index contributed by atoms with van der Waals surface area (Å²) in [5.41, 5.74) is -0.373. The largest absolute Gasteiger partial charge is 0.348 e. The third-order valence-electron chi connectivity index (χ3n) is 4.81. The zero-order chi connectivity index (χ0) is 22.6. The molecule has 3 aromatic rings. The molecule has 160 valence electrons. The first-order chi connectivity index (χ1) is 15.5. The third-order valence-corrected chi connectivity index (χ3v) is 4.81. The zero-order valence-corrected chi connectivity index (χ0v) is 17.3. The fraction of sp³-hybridized carbons (Fsp3) is 0.0833. The van der Waals surface area contributed by atoms with Crippen LogP contribution in [0.15, 0.2) is 96.1 Å². The van der Waals surface area contributed by atoms with Crippen LogP contribution in [0.3, 0.4) is 0 Å². The Morgan fingerprint density at radius 1 is 0.844 bits per heavy atom. The lowest BCUT2D eigenvalue weighted by atomic mass is 10.1. The average Bonchev–Trinajstić information content (AvgIpc) is 3.06. The minimum absolute atomic E-state index is 0.0424. The van der Waals surface area contributed by atoms with Gasteiger partial charge in [0.1, 0.15) is 0 Å². The highest BCUT2D eigenvalue weighted by Crippen LogP contribution is 2.27. The van der Waals surface area contributed by atoms with E-state index in [-0.39, 0.29) is 5.84 Å². The standard InChI is InChI=1S/C24H21N5O3/c1-17(30)26-24(27-19-13-7-3-8-14-19)22(25-21(31)18-11-5-2-6-12-18)28-29(23(24)32)20-15-9-4-10-16-20/h2-16,27H,1H3,(H,26,30)(H,25,28,31). The van der Waals surface area contributed by atoms with Crippen LogP contribution in [0.1, 0.15) is 17.3 Å². The van der Waals surface area contributed by atoms with Gasteiger partial charge >= 0.3 is 5.91 Å². The van der Waals surface area contributed by atoms with Crippen molar-refractivity contribution in [3.63, 3.8) is 0 Å². The number of rotatable bonds is 5. The molecule has 0 saturated carbocycles. The summed E-state index contributed by atoms with van der Waals surface area (Å²) in [6.45, 7) is 1.30. The molecule has 1 atom stereocenters. The maximum atomic E-state index is 13.7. The Kier molecular flexibility index (Phi) is 5.67. The number of hydrazone groups is 1. The fourth-order valence-electron chi connectivity index (χ4n) is 3.37. The van der Waals surface area contributed by atoms with E-state index in [0.717, 1.165) is 5.01 Å². The van der Waals surface area contributed by atoms with E-state index in [9.17, 15) is 14.4 Å². The first kappa shape index (κ1) is 20.8. The molecule has 8 heteroatoms. The second-order valence-corrected chi connectivity index (χ2v) is 7.14. The highest BCUT2D eigenvalue weighted by Gasteiger charge is 2.54. The molecule has 8 nitrogen and oxygen atoms in total. The van der Waals surface area contributed by atoms with Gasteiger partial charge in [0, 0.05) is 18.2 Å². The molecule has 1 unspecified atom stereocenters. The van der Waals surface area contributed by atoms with Gasteiger partial charge in [-0.05, 0) is 36.4 Å². The van der Waals surface area contributed by atoms with Crippen molar-refractivity contribution >= 4 is 34.9 Å². The van der Waals surface area contributed by atoms with Crippen molar-refractivity contribution < 1.29 is 14.4 Å². The summed E-state index contributed by atoms with van der Waals surface area (Å²) in [6, 6.07) is 26.2. The maximum Gasteiger partial charge on any atom is 0.302 e. The van der Waals surface area contributed by atoms with Crippen LogP contribution in [0.4, 0.5) is 11.4 Å². The van der Waals surface area contributed by atoms with Crippen LogP contribution >= 0.6 is 0 Å². The smallest absolute Gasteiger partial charge is 0.302 e. The molecule has 4 rings (SSSR count). The molecular formula is C24H21N5O3. The highest BCUT2D eigenvalue weighted by atomic mass is 16.2. The van der Waals surface area contributed by atoms with Crippen molar-refractivity contribution in [3.8, 4) is 0 Å². The van der Waals surface area contributed by atoms with Crippen LogP contribution in [0, 0.1) is 0 Å². The Balaban J connectivity index is 1.79. The summed E-state index contributed by atoms with van der Waals surface area (Å²) in [7, 11) is 0. The van der Waals surface area contributed by atoms with Crippen molar-refractivity contribution in [1.29, 1.82) is 0 Å². The van der Waals surface area contributed by atoms with Crippen molar-refractivity contribution in [2.75, 3.05) is 10.3 Å². The molecule has 0 bridgehead atoms. The van der Waals surface area contributed by atoms with E-state index >= 15 is 0 Å². The molecule has 32 heavy (non-hydrogen) atoms. The van der Waals surface area contributed by atoms with E-state index in [1.165, 1.54) is 6.92 Å². The number of hydrogen-bond acceptors (Lipinski definition) is 5. The van der Waals surface area contributed by atoms with Gasteiger partial charge in [-0.1, -0.05) is 54.6 Å². The van der Waals surface area contributed by atoms with Gasteiger partial charge < -0.3 is 16.0 Å². The summed E-state index contributed by atoms with van der Waals surface area (Å²) in [6.07, 6.45) is 0. The van der Waals surface area contributed by atoms with Crippen LogP contribution < -0.4 is 21.0 Å². The monoisotopic (exact) mass is 427 g/mol. The third kappa shape index (κ3) is 4.06. The molecule has 0 aliphatic carbocycles. The van der Waals surface area contributed by atoms with Crippen LogP contribution in [0.2, 0.25) is 0 Å². The number of carbonyl (C=O) groups excluding carboxylic acids is 3. The van der Waals surface area contributed by atoms with Crippen molar-refractivity contribution in [2.45, 2.75) is 12.6 Å². The second kappa shape index (κ2) is 8.73. The lowest BCUT2D eigenvalue weighted by Gasteiger charge is -2.31. The number of carbonyl (C=O) groups is 3. The van der Waals surface area contributed by atoms with Gasteiger partial charge in [0.05, 0.1) is 5.69 Å². The molecule has 0 saturated heterocycles. The van der Waals surface area contributed by atoms with Gasteiger partial charge in [0.2, 0.25) is 5.91 Å². The Bertz CT molecular complexity index is 1170. The Morgan fingerprint density at radius 2 is 1.41 bits per heavy atom. The van der Waals surface area contributed by atoms with Crippen molar-refractivity contribution in [3.05, 3.63) is 96.6 Å². The Morgan fingerprint density at radius 3 is 2.00 bits per heavy atom. The van der Waals surface area contributed by atoms with Crippen LogP contribution in [-0.4, -0.2) is 29.2 Å². The lowest BCUT2D eigenvalue weighted by Crippen LogP contribution is -2.67. The second-order valence-electron chi connectivity index (χ2n) is 7.14. The number of para-hydroxylation sites is 2. The fourth-order valence-corrected chi connectivity index (χ4v) is 3.37. The summed E-state index contributed by atoms with van der Waals surface area (Å²) < 4.78 is 0. The molecule has 0 fully saturated rings. The Hall–Kier alpha value is -4.46. The van der Waals surface area contributed by atoms with E-state index in [0.29, 0.717) is 16.9 Å². The number of anilines is 2. The predicted octanol–water partition coefficient (Wildman–Crippen LogP) is 2.72. The van der Waals surface area contributed by atoms with Gasteiger partial charge in [-0.15, -0.1) is 5.10 Å². The quantitative estimate of drug-likeness (QED) is 0.545. The number of nitrogens with zero attached hydrogens (tertiary/aromatic N) is 2. The van der Waals surface area contributed by atoms with Gasteiger partial charge in [0.25, 0.3) is 11.6 Å². The van der Waals surface area contributed by atoms with E-state index in [4.69, 9.17) is 0 Å². The van der Waals surface area contributed by atoms with Gasteiger partial charge in [-0.2, -0.15) is 5.01 Å². The number of benzene rings is 3. The zero-order valence-electron chi connectivity index (χ0n) is 17.3. The lowest BCUT2D eigenvalue weighted by molar-refractivity contribution is -0.127. The van der Waals surface area contributed by atoms with E-state index in [1.54, 1.807) is 78.9 Å². The molecule has 3 N–H and O–H groups in total. The molecule has 0 radical (unpaired) electrons. The van der Waals surface area contributed by atoms with Crippen LogP contribution in [0.25, 0.3) is 0 Å². The summed E-state index contributed by atoms with van der Waals surface area (Å²) in [5.74, 6) is -1.54. The number of nitrogens with one attached hydrogen (secondary N) is 3. The maximum absolute atomic E-state index is 13.7. The van der Waals surface area contributed by atoms with Gasteiger partial charge in [-0.25, -0.2) is 0 Å². The summed E-state index contributed by atoms with van der Waals surface area (Å²) in [5, 5.41) is 14.0. The number of amides is 3. The summed E-state index contributed by atoms with van der Waals surface area (Å²) in [4.78, 5) is 38.8. The topological polar surface area (TPSA) is 103 Å². The molecule has 0 spiro atoms. The van der Waals surface area contributed by atoms with E-state index in [1.807, 2.05) is 12.1 Å². The average molecular weight is 427 g/mol. The van der Waals surface area contributed by atoms with Crippen molar-refractivity contribution in [2.24, 2.45) is 5.10 Å².